The van der Waals surface area contributed by atoms with Gasteiger partial charge in [-0.1, -0.05) is 11.6 Å². The van der Waals surface area contributed by atoms with Crippen LogP contribution in [-0.4, -0.2) is 5.75 Å². The molecular weight excluding hydrogens is 128 g/mol. The zero-order valence-corrected chi connectivity index (χ0v) is 6.82. The van der Waals surface area contributed by atoms with Gasteiger partial charge < -0.3 is 0 Å². The van der Waals surface area contributed by atoms with Crippen LogP contribution in [0.15, 0.2) is 11.6 Å². The summed E-state index contributed by atoms with van der Waals surface area (Å²) in [5, 5.41) is 0. The lowest BCUT2D eigenvalue weighted by molar-refractivity contribution is 0.983. The summed E-state index contributed by atoms with van der Waals surface area (Å²) in [5.74, 6) is 1.94. The third-order valence-corrected chi connectivity index (χ3v) is 2.07. The molecule has 1 fully saturated rings. The van der Waals surface area contributed by atoms with Gasteiger partial charge in [-0.2, -0.15) is 12.6 Å². The van der Waals surface area contributed by atoms with Gasteiger partial charge in [0.1, 0.15) is 0 Å². The zero-order valence-electron chi connectivity index (χ0n) is 5.93. The second kappa shape index (κ2) is 3.31. The minimum atomic E-state index is 0.949. The first-order valence-corrected chi connectivity index (χ1v) is 4.25. The number of allylic oxidation sites excluding steroid dienone is 2. The summed E-state index contributed by atoms with van der Waals surface area (Å²) in [6.07, 6.45) is 6.32. The lowest BCUT2D eigenvalue weighted by Gasteiger charge is -1.93. The number of rotatable bonds is 3. The molecular formula is C8H14S. The maximum atomic E-state index is 4.14. The molecule has 0 spiro atoms. The van der Waals surface area contributed by atoms with Crippen molar-refractivity contribution in [3.05, 3.63) is 11.6 Å². The molecule has 0 aromatic carbocycles. The summed E-state index contributed by atoms with van der Waals surface area (Å²) < 4.78 is 0. The second-order valence-electron chi connectivity index (χ2n) is 2.73. The Labute approximate surface area is 62.8 Å². The Hall–Kier alpha value is 0.0900. The molecule has 0 unspecified atom stereocenters. The molecule has 0 amide bonds. The standard InChI is InChI=1S/C8H14S/c1-7(3-2-6-9)8-4-5-8/h3,8-9H,2,4-6H2,1H3. The topological polar surface area (TPSA) is 0 Å². The zero-order chi connectivity index (χ0) is 6.69. The molecule has 0 heterocycles. The van der Waals surface area contributed by atoms with Crippen molar-refractivity contribution in [3.63, 3.8) is 0 Å². The van der Waals surface area contributed by atoms with Crippen molar-refractivity contribution in [2.45, 2.75) is 26.2 Å². The van der Waals surface area contributed by atoms with Crippen LogP contribution in [0.5, 0.6) is 0 Å². The monoisotopic (exact) mass is 142 g/mol. The lowest BCUT2D eigenvalue weighted by Crippen LogP contribution is -1.78. The largest absolute Gasteiger partial charge is 0.179 e. The van der Waals surface area contributed by atoms with E-state index in [0.29, 0.717) is 0 Å². The van der Waals surface area contributed by atoms with Gasteiger partial charge in [0, 0.05) is 0 Å². The van der Waals surface area contributed by atoms with E-state index in [-0.39, 0.29) is 0 Å². The second-order valence-corrected chi connectivity index (χ2v) is 3.18. The van der Waals surface area contributed by atoms with Gasteiger partial charge in [-0.15, -0.1) is 0 Å². The minimum Gasteiger partial charge on any atom is -0.179 e. The van der Waals surface area contributed by atoms with Crippen LogP contribution in [0, 0.1) is 5.92 Å². The first kappa shape index (κ1) is 7.20. The van der Waals surface area contributed by atoms with E-state index < -0.39 is 0 Å². The molecule has 9 heavy (non-hydrogen) atoms. The molecule has 0 radical (unpaired) electrons. The van der Waals surface area contributed by atoms with Crippen LogP contribution in [0.4, 0.5) is 0 Å². The van der Waals surface area contributed by atoms with Crippen molar-refractivity contribution >= 4 is 12.6 Å². The molecule has 52 valence electrons. The van der Waals surface area contributed by atoms with E-state index in [9.17, 15) is 0 Å². The van der Waals surface area contributed by atoms with E-state index in [1.54, 1.807) is 5.57 Å². The summed E-state index contributed by atoms with van der Waals surface area (Å²) >= 11 is 4.14. The third-order valence-electron chi connectivity index (χ3n) is 1.82. The third kappa shape index (κ3) is 2.44. The molecule has 1 heteroatoms. The van der Waals surface area contributed by atoms with Gasteiger partial charge in [-0.3, -0.25) is 0 Å². The molecule has 0 nitrogen and oxygen atoms in total. The molecule has 0 bridgehead atoms. The van der Waals surface area contributed by atoms with E-state index >= 15 is 0 Å². The van der Waals surface area contributed by atoms with E-state index in [0.717, 1.165) is 18.1 Å². The van der Waals surface area contributed by atoms with Gasteiger partial charge in [0.15, 0.2) is 0 Å². The summed E-state index contributed by atoms with van der Waals surface area (Å²) in [4.78, 5) is 0. The number of hydrogen-bond donors (Lipinski definition) is 1. The highest BCUT2D eigenvalue weighted by Crippen LogP contribution is 2.36. The predicted molar refractivity (Wildman–Crippen MR) is 45.0 cm³/mol. The summed E-state index contributed by atoms with van der Waals surface area (Å²) in [7, 11) is 0. The Morgan fingerprint density at radius 2 is 2.33 bits per heavy atom. The fourth-order valence-corrected chi connectivity index (χ4v) is 1.13. The van der Waals surface area contributed by atoms with E-state index in [1.165, 1.54) is 12.8 Å². The normalized spacial score (nSPS) is 20.4. The van der Waals surface area contributed by atoms with Gasteiger partial charge >= 0.3 is 0 Å². The summed E-state index contributed by atoms with van der Waals surface area (Å²) in [6, 6.07) is 0. The Kier molecular flexibility index (Phi) is 2.65. The first-order valence-electron chi connectivity index (χ1n) is 3.62. The summed E-state index contributed by atoms with van der Waals surface area (Å²) in [6.45, 7) is 2.24. The van der Waals surface area contributed by atoms with E-state index in [1.807, 2.05) is 0 Å². The van der Waals surface area contributed by atoms with Crippen LogP contribution in [0.25, 0.3) is 0 Å². The van der Waals surface area contributed by atoms with Crippen LogP contribution in [0.1, 0.15) is 26.2 Å². The van der Waals surface area contributed by atoms with E-state index in [2.05, 4.69) is 25.6 Å². The van der Waals surface area contributed by atoms with Gasteiger partial charge in [0.25, 0.3) is 0 Å². The highest BCUT2D eigenvalue weighted by atomic mass is 32.1. The Morgan fingerprint density at radius 1 is 1.67 bits per heavy atom. The molecule has 0 aromatic rings. The Bertz CT molecular complexity index is 112. The first-order chi connectivity index (χ1) is 4.34. The van der Waals surface area contributed by atoms with Crippen molar-refractivity contribution in [2.75, 3.05) is 5.75 Å². The SMILES string of the molecule is CC(=CCCS)C1CC1. The quantitative estimate of drug-likeness (QED) is 0.454. The molecule has 0 aliphatic heterocycles. The fourth-order valence-electron chi connectivity index (χ4n) is 0.998. The fraction of sp³-hybridized carbons (Fsp3) is 0.750. The maximum absolute atomic E-state index is 4.14. The molecule has 0 aromatic heterocycles. The molecule has 1 aliphatic carbocycles. The smallest absolute Gasteiger partial charge is 0.00632 e. The minimum absolute atomic E-state index is 0.949. The average molecular weight is 142 g/mol. The van der Waals surface area contributed by atoms with Gasteiger partial charge in [-0.05, 0) is 37.9 Å². The van der Waals surface area contributed by atoms with Gasteiger partial charge in [0.05, 0.1) is 0 Å². The van der Waals surface area contributed by atoms with Crippen molar-refractivity contribution < 1.29 is 0 Å². The average Bonchev–Trinajstić information content (AvgIpc) is 2.63. The van der Waals surface area contributed by atoms with Crippen molar-refractivity contribution in [2.24, 2.45) is 5.92 Å². The van der Waals surface area contributed by atoms with Crippen LogP contribution in [-0.2, 0) is 0 Å². The maximum Gasteiger partial charge on any atom is -0.00632 e. The van der Waals surface area contributed by atoms with Crippen molar-refractivity contribution in [1.29, 1.82) is 0 Å². The number of thiol groups is 1. The molecule has 1 saturated carbocycles. The van der Waals surface area contributed by atoms with Gasteiger partial charge in [0.2, 0.25) is 0 Å². The van der Waals surface area contributed by atoms with Crippen molar-refractivity contribution in [1.82, 2.24) is 0 Å². The molecule has 0 atom stereocenters. The Balaban J connectivity index is 2.20. The highest BCUT2D eigenvalue weighted by molar-refractivity contribution is 7.80. The molecule has 0 N–H and O–H groups in total. The van der Waals surface area contributed by atoms with Gasteiger partial charge in [-0.25, -0.2) is 0 Å². The van der Waals surface area contributed by atoms with Crippen LogP contribution in [0.3, 0.4) is 0 Å². The molecule has 1 aliphatic rings. The Morgan fingerprint density at radius 3 is 2.78 bits per heavy atom. The molecule has 0 saturated heterocycles. The molecule has 1 rings (SSSR count). The van der Waals surface area contributed by atoms with Crippen LogP contribution < -0.4 is 0 Å². The van der Waals surface area contributed by atoms with Crippen molar-refractivity contribution in [3.8, 4) is 0 Å². The van der Waals surface area contributed by atoms with Crippen LogP contribution >= 0.6 is 12.6 Å². The lowest BCUT2D eigenvalue weighted by atomic mass is 10.2. The summed E-state index contributed by atoms with van der Waals surface area (Å²) in [5.41, 5.74) is 1.59. The number of hydrogen-bond acceptors (Lipinski definition) is 1. The van der Waals surface area contributed by atoms with E-state index in [4.69, 9.17) is 0 Å². The predicted octanol–water partition coefficient (Wildman–Crippen LogP) is 2.66. The van der Waals surface area contributed by atoms with Crippen LogP contribution in [0.2, 0.25) is 0 Å². The highest BCUT2D eigenvalue weighted by Gasteiger charge is 2.22.